The standard InChI is InChI=1S/C44H72O2/c1-8-9-10-11-12-13-14-15-16-17-18-19-20-21-42(45)46-37-28-30-43(6)36(32-37)24-25-38-40-27-26-39(44(40,7)31-29-41(38)43)35(5)23-22-34(4)33(2)3/h9-14,24,33-35,37-41H,8,15-23,25-32H2,1-7H3/b10-9+,12-11+,14-13-. The lowest BCUT2D eigenvalue weighted by Crippen LogP contribution is -2.51. The van der Waals surface area contributed by atoms with Crippen LogP contribution in [-0.2, 0) is 9.53 Å². The number of fused-ring (bicyclic) bond motifs is 5. The second kappa shape index (κ2) is 17.7. The predicted octanol–water partition coefficient (Wildman–Crippen LogP) is 13.0. The molecule has 0 aromatic carbocycles. The van der Waals surface area contributed by atoms with Gasteiger partial charge in [-0.15, -0.1) is 0 Å². The smallest absolute Gasteiger partial charge is 0.306 e. The molecule has 0 aliphatic heterocycles. The van der Waals surface area contributed by atoms with Gasteiger partial charge in [0.2, 0.25) is 0 Å². The van der Waals surface area contributed by atoms with Gasteiger partial charge in [-0.25, -0.2) is 0 Å². The van der Waals surface area contributed by atoms with E-state index in [1.807, 2.05) is 0 Å². The van der Waals surface area contributed by atoms with E-state index >= 15 is 0 Å². The molecule has 260 valence electrons. The summed E-state index contributed by atoms with van der Waals surface area (Å²) in [5, 5.41) is 0. The van der Waals surface area contributed by atoms with E-state index in [9.17, 15) is 4.79 Å². The van der Waals surface area contributed by atoms with Crippen molar-refractivity contribution in [3.8, 4) is 0 Å². The summed E-state index contributed by atoms with van der Waals surface area (Å²) in [6.07, 6.45) is 37.3. The molecule has 0 N–H and O–H groups in total. The molecule has 0 aromatic rings. The fraction of sp³-hybridized carbons (Fsp3) is 0.795. The highest BCUT2D eigenvalue weighted by Crippen LogP contribution is 2.67. The molecule has 9 atom stereocenters. The molecule has 4 aliphatic carbocycles. The van der Waals surface area contributed by atoms with Gasteiger partial charge < -0.3 is 4.74 Å². The van der Waals surface area contributed by atoms with Crippen LogP contribution in [0.3, 0.4) is 0 Å². The number of hydrogen-bond donors (Lipinski definition) is 0. The van der Waals surface area contributed by atoms with E-state index in [0.29, 0.717) is 17.3 Å². The van der Waals surface area contributed by atoms with Crippen molar-refractivity contribution in [3.63, 3.8) is 0 Å². The number of hydrogen-bond acceptors (Lipinski definition) is 2. The lowest BCUT2D eigenvalue weighted by molar-refractivity contribution is -0.151. The van der Waals surface area contributed by atoms with Crippen LogP contribution in [0, 0.1) is 52.3 Å². The minimum atomic E-state index is 0.0390. The lowest BCUT2D eigenvalue weighted by Gasteiger charge is -2.58. The van der Waals surface area contributed by atoms with Crippen LogP contribution in [-0.4, -0.2) is 12.1 Å². The van der Waals surface area contributed by atoms with Crippen molar-refractivity contribution in [3.05, 3.63) is 48.1 Å². The fourth-order valence-corrected chi connectivity index (χ4v) is 10.6. The van der Waals surface area contributed by atoms with Gasteiger partial charge in [-0.2, -0.15) is 0 Å². The minimum absolute atomic E-state index is 0.0390. The molecule has 0 spiro atoms. The maximum atomic E-state index is 12.8. The normalized spacial score (nSPS) is 34.1. The van der Waals surface area contributed by atoms with Crippen molar-refractivity contribution in [2.45, 2.75) is 170 Å². The van der Waals surface area contributed by atoms with Crippen LogP contribution in [0.5, 0.6) is 0 Å². The highest BCUT2D eigenvalue weighted by Gasteiger charge is 2.59. The molecule has 2 nitrogen and oxygen atoms in total. The summed E-state index contributed by atoms with van der Waals surface area (Å²) in [5.74, 6) is 6.04. The lowest BCUT2D eigenvalue weighted by atomic mass is 9.47. The Morgan fingerprint density at radius 3 is 2.37 bits per heavy atom. The quantitative estimate of drug-likeness (QED) is 0.0690. The van der Waals surface area contributed by atoms with Gasteiger partial charge in [0.1, 0.15) is 6.10 Å². The van der Waals surface area contributed by atoms with E-state index < -0.39 is 0 Å². The first-order chi connectivity index (χ1) is 22.1. The summed E-state index contributed by atoms with van der Waals surface area (Å²) in [4.78, 5) is 12.8. The zero-order valence-electron chi connectivity index (χ0n) is 31.2. The number of allylic oxidation sites excluding steroid dienone is 7. The molecule has 0 aromatic heterocycles. The zero-order valence-corrected chi connectivity index (χ0v) is 31.2. The van der Waals surface area contributed by atoms with Crippen LogP contribution in [0.25, 0.3) is 0 Å². The molecule has 9 unspecified atom stereocenters. The second-order valence-electron chi connectivity index (χ2n) is 17.1. The molecule has 0 saturated heterocycles. The molecule has 0 radical (unpaired) electrons. The van der Waals surface area contributed by atoms with E-state index in [2.05, 4.69) is 91.0 Å². The summed E-state index contributed by atoms with van der Waals surface area (Å²) >= 11 is 0. The van der Waals surface area contributed by atoms with Crippen LogP contribution >= 0.6 is 0 Å². The van der Waals surface area contributed by atoms with Gasteiger partial charge in [0.15, 0.2) is 0 Å². The summed E-state index contributed by atoms with van der Waals surface area (Å²) in [7, 11) is 0. The number of unbranched alkanes of at least 4 members (excludes halogenated alkanes) is 5. The maximum absolute atomic E-state index is 12.8. The molecular weight excluding hydrogens is 560 g/mol. The number of ether oxygens (including phenoxy) is 1. The van der Waals surface area contributed by atoms with Crippen molar-refractivity contribution >= 4 is 5.97 Å². The molecule has 2 heteroatoms. The average molecular weight is 633 g/mol. The van der Waals surface area contributed by atoms with Crippen molar-refractivity contribution in [1.29, 1.82) is 0 Å². The number of carbonyl (C=O) groups excluding carboxylic acids is 1. The monoisotopic (exact) mass is 633 g/mol. The molecular formula is C44H72O2. The highest BCUT2D eigenvalue weighted by atomic mass is 16.5. The Bertz CT molecular complexity index is 1060. The molecule has 46 heavy (non-hydrogen) atoms. The molecule has 0 heterocycles. The highest BCUT2D eigenvalue weighted by molar-refractivity contribution is 5.69. The van der Waals surface area contributed by atoms with Crippen molar-refractivity contribution in [2.75, 3.05) is 0 Å². The van der Waals surface area contributed by atoms with E-state index in [0.717, 1.165) is 80.0 Å². The van der Waals surface area contributed by atoms with Gasteiger partial charge in [0, 0.05) is 12.8 Å². The third-order valence-electron chi connectivity index (χ3n) is 13.9. The second-order valence-corrected chi connectivity index (χ2v) is 17.1. The third-order valence-corrected chi connectivity index (χ3v) is 13.9. The van der Waals surface area contributed by atoms with Crippen LogP contribution in [0.1, 0.15) is 164 Å². The number of carbonyl (C=O) groups is 1. The molecule has 0 bridgehead atoms. The van der Waals surface area contributed by atoms with Gasteiger partial charge in [0.25, 0.3) is 0 Å². The Labute approximate surface area is 285 Å². The van der Waals surface area contributed by atoms with Crippen LogP contribution in [0.2, 0.25) is 0 Å². The first-order valence-electron chi connectivity index (χ1n) is 20.0. The average Bonchev–Trinajstić information content (AvgIpc) is 3.39. The SMILES string of the molecule is CC/C=C/C=C/C=C\CCCCCCCC(=O)OC1CCC2(C)C(=CCC3C2CCC2(C)C(C(C)CCC(C)C(C)C)CCC32)C1. The van der Waals surface area contributed by atoms with Gasteiger partial charge in [-0.3, -0.25) is 4.79 Å². The maximum Gasteiger partial charge on any atom is 0.306 e. The first-order valence-corrected chi connectivity index (χ1v) is 20.0. The first kappa shape index (κ1) is 37.3. The van der Waals surface area contributed by atoms with Crippen LogP contribution in [0.4, 0.5) is 0 Å². The summed E-state index contributed by atoms with van der Waals surface area (Å²) in [6, 6.07) is 0. The van der Waals surface area contributed by atoms with Crippen LogP contribution in [0.15, 0.2) is 48.1 Å². The van der Waals surface area contributed by atoms with Gasteiger partial charge >= 0.3 is 5.97 Å². The van der Waals surface area contributed by atoms with Crippen molar-refractivity contribution in [2.24, 2.45) is 52.3 Å². The molecule has 4 rings (SSSR count). The van der Waals surface area contributed by atoms with E-state index in [1.54, 1.807) is 5.57 Å². The Kier molecular flexibility index (Phi) is 14.3. The molecule has 3 fully saturated rings. The summed E-state index contributed by atoms with van der Waals surface area (Å²) in [5.41, 5.74) is 2.49. The number of esters is 1. The van der Waals surface area contributed by atoms with Crippen molar-refractivity contribution in [1.82, 2.24) is 0 Å². The largest absolute Gasteiger partial charge is 0.462 e. The van der Waals surface area contributed by atoms with Gasteiger partial charge in [-0.1, -0.05) is 129 Å². The Morgan fingerprint density at radius 2 is 1.61 bits per heavy atom. The minimum Gasteiger partial charge on any atom is -0.462 e. The van der Waals surface area contributed by atoms with Gasteiger partial charge in [-0.05, 0) is 123 Å². The predicted molar refractivity (Wildman–Crippen MR) is 198 cm³/mol. The Morgan fingerprint density at radius 1 is 0.870 bits per heavy atom. The zero-order chi connectivity index (χ0) is 33.2. The molecule has 4 aliphatic rings. The third kappa shape index (κ3) is 9.31. The van der Waals surface area contributed by atoms with E-state index in [1.165, 1.54) is 70.6 Å². The summed E-state index contributed by atoms with van der Waals surface area (Å²) < 4.78 is 6.11. The Hall–Kier alpha value is -1.57. The number of rotatable bonds is 17. The Balaban J connectivity index is 1.18. The topological polar surface area (TPSA) is 26.3 Å². The van der Waals surface area contributed by atoms with Crippen LogP contribution < -0.4 is 0 Å². The van der Waals surface area contributed by atoms with Crippen molar-refractivity contribution < 1.29 is 9.53 Å². The fourth-order valence-electron chi connectivity index (χ4n) is 10.6. The molecule has 0 amide bonds. The molecule has 3 saturated carbocycles. The summed E-state index contributed by atoms with van der Waals surface area (Å²) in [6.45, 7) is 17.3. The van der Waals surface area contributed by atoms with Gasteiger partial charge in [0.05, 0.1) is 0 Å². The van der Waals surface area contributed by atoms with E-state index in [-0.39, 0.29) is 12.1 Å². The van der Waals surface area contributed by atoms with E-state index in [4.69, 9.17) is 4.74 Å².